The summed E-state index contributed by atoms with van der Waals surface area (Å²) < 4.78 is 5.99. The molecule has 6 heavy (non-hydrogen) atoms. The molecule has 0 unspecified atom stereocenters. The minimum atomic E-state index is 1.42. The quantitative estimate of drug-likeness (QED) is 0.334. The number of oxazole rings is 1. The molecule has 1 heterocycles. The molecule has 0 amide bonds. The molecular formula is C3H3NOS. The summed E-state index contributed by atoms with van der Waals surface area (Å²) >= 11 is 4.57. The number of aromatic nitrogens is 1. The van der Waals surface area contributed by atoms with Crippen molar-refractivity contribution in [2.24, 2.45) is 0 Å². The van der Waals surface area contributed by atoms with Crippen LogP contribution in [0.1, 0.15) is 0 Å². The van der Waals surface area contributed by atoms with Gasteiger partial charge in [0.1, 0.15) is 0 Å². The van der Waals surface area contributed by atoms with E-state index in [-0.39, 0.29) is 0 Å². The zero-order valence-corrected chi connectivity index (χ0v) is 3.81. The summed E-state index contributed by atoms with van der Waals surface area (Å²) in [5.41, 5.74) is 0. The second-order valence-electron chi connectivity index (χ2n) is 0.887. The highest BCUT2D eigenvalue weighted by atomic mass is 32.1. The van der Waals surface area contributed by atoms with Crippen LogP contribution in [0.4, 0.5) is 0 Å². The second kappa shape index (κ2) is 1.26. The van der Waals surface area contributed by atoms with Crippen LogP contribution in [0.3, 0.4) is 0 Å². The molecule has 0 radical (unpaired) electrons. The van der Waals surface area contributed by atoms with E-state index in [4.69, 9.17) is 0 Å². The molecule has 0 N–H and O–H groups in total. The topological polar surface area (TPSA) is 17.0 Å². The fourth-order valence-corrected chi connectivity index (χ4v) is 0.325. The molecule has 0 aliphatic rings. The van der Waals surface area contributed by atoms with E-state index in [0.29, 0.717) is 0 Å². The van der Waals surface area contributed by atoms with Crippen molar-refractivity contribution in [3.8, 4) is 0 Å². The van der Waals surface area contributed by atoms with Crippen LogP contribution in [0.5, 0.6) is 0 Å². The normalized spacial score (nSPS) is 8.67. The first-order chi connectivity index (χ1) is 2.89. The van der Waals surface area contributed by atoms with E-state index in [0.717, 1.165) is 0 Å². The molecule has 0 spiro atoms. The molecular weight excluding hydrogens is 98.1 g/mol. The van der Waals surface area contributed by atoms with Crippen LogP contribution in [0.15, 0.2) is 23.3 Å². The Hall–Kier alpha value is -0.570. The lowest BCUT2D eigenvalue weighted by atomic mass is 11.0. The van der Waals surface area contributed by atoms with Crippen molar-refractivity contribution in [2.45, 2.75) is 0 Å². The number of hydrogen-bond acceptors (Lipinski definition) is 2. The van der Waals surface area contributed by atoms with E-state index in [1.54, 1.807) is 6.20 Å². The van der Waals surface area contributed by atoms with E-state index in [9.17, 15) is 0 Å². The average molecular weight is 101 g/mol. The lowest BCUT2D eigenvalue weighted by Gasteiger charge is -1.77. The molecule has 0 aliphatic carbocycles. The van der Waals surface area contributed by atoms with Gasteiger partial charge in [-0.1, -0.05) is 0 Å². The van der Waals surface area contributed by atoms with Crippen molar-refractivity contribution in [2.75, 3.05) is 0 Å². The minimum absolute atomic E-state index is 1.42. The van der Waals surface area contributed by atoms with Gasteiger partial charge in [0.2, 0.25) is 0 Å². The van der Waals surface area contributed by atoms with Gasteiger partial charge < -0.3 is 17.2 Å². The van der Waals surface area contributed by atoms with Crippen molar-refractivity contribution < 1.29 is 8.39 Å². The van der Waals surface area contributed by atoms with E-state index < -0.39 is 0 Å². The maximum Gasteiger partial charge on any atom is 0.319 e. The van der Waals surface area contributed by atoms with Crippen molar-refractivity contribution in [1.29, 1.82) is 0 Å². The average Bonchev–Trinajstić information content (AvgIpc) is 1.86. The smallest absolute Gasteiger partial charge is 0.319 e. The third-order valence-electron chi connectivity index (χ3n) is 0.451. The maximum atomic E-state index is 4.57. The summed E-state index contributed by atoms with van der Waals surface area (Å²) in [5.74, 6) is 0. The van der Waals surface area contributed by atoms with Gasteiger partial charge in [-0.05, 0) is 0 Å². The van der Waals surface area contributed by atoms with Crippen molar-refractivity contribution in [1.82, 2.24) is 0 Å². The van der Waals surface area contributed by atoms with Crippen LogP contribution in [-0.2, 0) is 12.8 Å². The standard InChI is InChI=1S/C3H3NOS/c6-4-1-2-5-3-4/h1-3H. The summed E-state index contributed by atoms with van der Waals surface area (Å²) in [5, 5.41) is 0. The van der Waals surface area contributed by atoms with Gasteiger partial charge in [-0.3, -0.25) is 3.97 Å². The van der Waals surface area contributed by atoms with E-state index in [1.807, 2.05) is 0 Å². The first-order valence-corrected chi connectivity index (χ1v) is 1.87. The molecule has 1 aromatic rings. The Balaban J connectivity index is 3.05. The summed E-state index contributed by atoms with van der Waals surface area (Å²) in [7, 11) is 0. The summed E-state index contributed by atoms with van der Waals surface area (Å²) in [6.45, 7) is 0. The van der Waals surface area contributed by atoms with E-state index in [1.165, 1.54) is 16.6 Å². The van der Waals surface area contributed by atoms with Gasteiger partial charge in [0.15, 0.2) is 12.5 Å². The lowest BCUT2D eigenvalue weighted by Crippen LogP contribution is -2.20. The molecule has 3 heteroatoms. The molecule has 2 nitrogen and oxygen atoms in total. The molecule has 0 aromatic carbocycles. The van der Waals surface area contributed by atoms with Gasteiger partial charge in [-0.15, -0.1) is 0 Å². The van der Waals surface area contributed by atoms with Crippen LogP contribution in [-0.4, -0.2) is 0 Å². The van der Waals surface area contributed by atoms with E-state index >= 15 is 0 Å². The van der Waals surface area contributed by atoms with Gasteiger partial charge in [0.05, 0.1) is 0 Å². The van der Waals surface area contributed by atoms with Crippen LogP contribution in [0.2, 0.25) is 0 Å². The molecule has 1 rings (SSSR count). The molecule has 0 saturated carbocycles. The Morgan fingerprint density at radius 3 is 2.67 bits per heavy atom. The third-order valence-corrected chi connectivity index (χ3v) is 0.659. The van der Waals surface area contributed by atoms with Crippen molar-refractivity contribution in [3.63, 3.8) is 0 Å². The summed E-state index contributed by atoms with van der Waals surface area (Å²) in [6, 6.07) is 0. The fourth-order valence-electron chi connectivity index (χ4n) is 0.225. The molecule has 0 aliphatic heterocycles. The van der Waals surface area contributed by atoms with Gasteiger partial charge in [0, 0.05) is 0 Å². The lowest BCUT2D eigenvalue weighted by molar-refractivity contribution is -0.496. The Morgan fingerprint density at radius 2 is 2.50 bits per heavy atom. The van der Waals surface area contributed by atoms with Gasteiger partial charge in [0.25, 0.3) is 0 Å². The molecule has 1 aromatic heterocycles. The second-order valence-corrected chi connectivity index (χ2v) is 1.31. The molecule has 0 bridgehead atoms. The fraction of sp³-hybridized carbons (Fsp3) is 0. The Labute approximate surface area is 40.9 Å². The number of rotatable bonds is 0. The third kappa shape index (κ3) is 0.490. The largest absolute Gasteiger partial charge is 0.424 e. The first-order valence-electron chi connectivity index (χ1n) is 1.50. The van der Waals surface area contributed by atoms with Crippen LogP contribution in [0.25, 0.3) is 0 Å². The van der Waals surface area contributed by atoms with Gasteiger partial charge in [-0.2, -0.15) is 0 Å². The summed E-state index contributed by atoms with van der Waals surface area (Å²) in [6.07, 6.45) is 4.61. The molecule has 0 fully saturated rings. The highest BCUT2D eigenvalue weighted by molar-refractivity contribution is 7.50. The first kappa shape index (κ1) is 3.61. The van der Waals surface area contributed by atoms with Crippen LogP contribution >= 0.6 is 0 Å². The van der Waals surface area contributed by atoms with Crippen LogP contribution in [0, 0.1) is 0 Å². The van der Waals surface area contributed by atoms with Crippen molar-refractivity contribution in [3.05, 3.63) is 18.9 Å². The number of hydrogen-bond donors (Lipinski definition) is 0. The monoisotopic (exact) mass is 101 g/mol. The van der Waals surface area contributed by atoms with Gasteiger partial charge >= 0.3 is 6.39 Å². The maximum absolute atomic E-state index is 4.57. The molecule has 32 valence electrons. The van der Waals surface area contributed by atoms with E-state index in [2.05, 4.69) is 17.2 Å². The summed E-state index contributed by atoms with van der Waals surface area (Å²) in [4.78, 5) is 0. The SMILES string of the molecule is [S-][n+]1ccoc1. The Bertz CT molecular complexity index is 114. The highest BCUT2D eigenvalue weighted by Crippen LogP contribution is 1.69. The Morgan fingerprint density at radius 1 is 1.67 bits per heavy atom. The Kier molecular flexibility index (Phi) is 0.759. The predicted octanol–water partition coefficient (Wildman–Crippen LogP) is -0.123. The zero-order valence-electron chi connectivity index (χ0n) is 3.00. The zero-order chi connectivity index (χ0) is 4.41. The number of nitrogens with zero attached hydrogens (tertiary/aromatic N) is 1. The van der Waals surface area contributed by atoms with Crippen LogP contribution < -0.4 is 3.97 Å². The molecule has 0 atom stereocenters. The molecule has 0 saturated heterocycles. The van der Waals surface area contributed by atoms with Crippen molar-refractivity contribution >= 4 is 12.8 Å². The predicted molar refractivity (Wildman–Crippen MR) is 21.7 cm³/mol. The highest BCUT2D eigenvalue weighted by Gasteiger charge is 1.76. The van der Waals surface area contributed by atoms with Gasteiger partial charge in [-0.25, -0.2) is 0 Å². The minimum Gasteiger partial charge on any atom is -0.424 e.